The predicted octanol–water partition coefficient (Wildman–Crippen LogP) is 3.99. The normalized spacial score (nSPS) is 18.8. The minimum Gasteiger partial charge on any atom is -0.491 e. The molecule has 1 amide bonds. The number of hydrogen-bond donors (Lipinski definition) is 1. The van der Waals surface area contributed by atoms with E-state index in [1.54, 1.807) is 12.1 Å². The van der Waals surface area contributed by atoms with Crippen molar-refractivity contribution in [1.29, 1.82) is 0 Å². The molecule has 4 rings (SSSR count). The van der Waals surface area contributed by atoms with Gasteiger partial charge in [-0.15, -0.1) is 0 Å². The maximum absolute atomic E-state index is 12.4. The molecule has 1 heterocycles. The van der Waals surface area contributed by atoms with Gasteiger partial charge in [0.1, 0.15) is 12.4 Å². The van der Waals surface area contributed by atoms with E-state index in [9.17, 15) is 4.79 Å². The Bertz CT molecular complexity index is 748. The van der Waals surface area contributed by atoms with E-state index in [-0.39, 0.29) is 12.0 Å². The molecule has 25 heavy (non-hydrogen) atoms. The molecule has 130 valence electrons. The molecule has 4 nitrogen and oxygen atoms in total. The van der Waals surface area contributed by atoms with Crippen LogP contribution in [-0.2, 0) is 17.6 Å². The van der Waals surface area contributed by atoms with E-state index < -0.39 is 0 Å². The van der Waals surface area contributed by atoms with E-state index in [4.69, 9.17) is 9.47 Å². The number of aryl methyl sites for hydroxylation is 2. The van der Waals surface area contributed by atoms with Crippen LogP contribution < -0.4 is 10.1 Å². The third-order valence-electron chi connectivity index (χ3n) is 4.93. The number of nitrogens with one attached hydrogen (secondary N) is 1. The number of hydrogen-bond acceptors (Lipinski definition) is 3. The number of rotatable bonds is 5. The van der Waals surface area contributed by atoms with Crippen molar-refractivity contribution >= 4 is 11.6 Å². The van der Waals surface area contributed by atoms with Crippen LogP contribution >= 0.6 is 0 Å². The molecule has 0 saturated carbocycles. The molecule has 1 atom stereocenters. The second kappa shape index (κ2) is 7.28. The lowest BCUT2D eigenvalue weighted by atomic mass is 10.1. The molecule has 2 aromatic rings. The van der Waals surface area contributed by atoms with Crippen LogP contribution in [0.5, 0.6) is 5.75 Å². The third kappa shape index (κ3) is 3.85. The van der Waals surface area contributed by atoms with Crippen LogP contribution in [0.2, 0.25) is 0 Å². The summed E-state index contributed by atoms with van der Waals surface area (Å²) in [5.74, 6) is 0.674. The molecular weight excluding hydrogens is 314 g/mol. The molecule has 1 aliphatic heterocycles. The van der Waals surface area contributed by atoms with Crippen LogP contribution in [0.4, 0.5) is 5.69 Å². The quantitative estimate of drug-likeness (QED) is 0.897. The Morgan fingerprint density at radius 1 is 1.08 bits per heavy atom. The number of anilines is 1. The van der Waals surface area contributed by atoms with E-state index in [0.29, 0.717) is 12.2 Å². The van der Waals surface area contributed by atoms with Crippen molar-refractivity contribution in [1.82, 2.24) is 0 Å². The fourth-order valence-electron chi connectivity index (χ4n) is 3.52. The summed E-state index contributed by atoms with van der Waals surface area (Å²) in [5, 5.41) is 2.98. The van der Waals surface area contributed by atoms with Gasteiger partial charge in [-0.1, -0.05) is 6.07 Å². The van der Waals surface area contributed by atoms with Crippen molar-refractivity contribution in [2.24, 2.45) is 0 Å². The first kappa shape index (κ1) is 16.2. The maximum Gasteiger partial charge on any atom is 0.255 e. The van der Waals surface area contributed by atoms with E-state index in [1.165, 1.54) is 17.5 Å². The Labute approximate surface area is 148 Å². The molecule has 0 unspecified atom stereocenters. The number of carbonyl (C=O) groups excluding carboxylic acids is 1. The van der Waals surface area contributed by atoms with Gasteiger partial charge in [-0.2, -0.15) is 0 Å². The third-order valence-corrected chi connectivity index (χ3v) is 4.93. The fourth-order valence-corrected chi connectivity index (χ4v) is 3.52. The summed E-state index contributed by atoms with van der Waals surface area (Å²) in [4.78, 5) is 12.4. The molecule has 1 N–H and O–H groups in total. The zero-order valence-electron chi connectivity index (χ0n) is 14.3. The Kier molecular flexibility index (Phi) is 4.70. The summed E-state index contributed by atoms with van der Waals surface area (Å²) in [7, 11) is 0. The smallest absolute Gasteiger partial charge is 0.255 e. The van der Waals surface area contributed by atoms with Gasteiger partial charge in [0, 0.05) is 17.9 Å². The van der Waals surface area contributed by atoms with Crippen molar-refractivity contribution in [3.8, 4) is 5.75 Å². The van der Waals surface area contributed by atoms with Crippen molar-refractivity contribution in [2.45, 2.75) is 38.2 Å². The second-order valence-electron chi connectivity index (χ2n) is 6.76. The number of ether oxygens (including phenoxy) is 2. The monoisotopic (exact) mass is 337 g/mol. The summed E-state index contributed by atoms with van der Waals surface area (Å²) >= 11 is 0. The van der Waals surface area contributed by atoms with Gasteiger partial charge in [0.15, 0.2) is 0 Å². The highest BCUT2D eigenvalue weighted by Gasteiger charge is 2.16. The average Bonchev–Trinajstić information content (AvgIpc) is 3.31. The highest BCUT2D eigenvalue weighted by Crippen LogP contribution is 2.25. The van der Waals surface area contributed by atoms with Crippen LogP contribution in [0.15, 0.2) is 42.5 Å². The Morgan fingerprint density at radius 2 is 1.92 bits per heavy atom. The molecule has 0 bridgehead atoms. The van der Waals surface area contributed by atoms with Crippen LogP contribution in [-0.4, -0.2) is 25.2 Å². The summed E-state index contributed by atoms with van der Waals surface area (Å²) in [6.45, 7) is 1.40. The second-order valence-corrected chi connectivity index (χ2v) is 6.76. The molecule has 4 heteroatoms. The number of carbonyl (C=O) groups is 1. The van der Waals surface area contributed by atoms with Crippen molar-refractivity contribution in [3.05, 3.63) is 59.2 Å². The maximum atomic E-state index is 12.4. The molecular formula is C21H23NO3. The van der Waals surface area contributed by atoms with Gasteiger partial charge in [-0.3, -0.25) is 4.79 Å². The molecule has 1 aliphatic carbocycles. The SMILES string of the molecule is O=C(Nc1ccc2c(c1)CCC2)c1ccc(OC[C@H]2CCCO2)cc1. The highest BCUT2D eigenvalue weighted by molar-refractivity contribution is 6.04. The molecule has 1 fully saturated rings. The summed E-state index contributed by atoms with van der Waals surface area (Å²) in [5.41, 5.74) is 4.26. The first-order valence-electron chi connectivity index (χ1n) is 9.05. The van der Waals surface area contributed by atoms with E-state index >= 15 is 0 Å². The van der Waals surface area contributed by atoms with Crippen molar-refractivity contribution in [2.75, 3.05) is 18.5 Å². The molecule has 0 spiro atoms. The lowest BCUT2D eigenvalue weighted by molar-refractivity contribution is 0.0679. The zero-order valence-corrected chi connectivity index (χ0v) is 14.3. The Morgan fingerprint density at radius 3 is 2.72 bits per heavy atom. The lowest BCUT2D eigenvalue weighted by Crippen LogP contribution is -2.16. The minimum absolute atomic E-state index is 0.0939. The van der Waals surface area contributed by atoms with Crippen LogP contribution in [0.1, 0.15) is 40.7 Å². The van der Waals surface area contributed by atoms with E-state index in [2.05, 4.69) is 17.4 Å². The van der Waals surface area contributed by atoms with Gasteiger partial charge in [-0.05, 0) is 79.6 Å². The van der Waals surface area contributed by atoms with Crippen LogP contribution in [0.3, 0.4) is 0 Å². The van der Waals surface area contributed by atoms with Gasteiger partial charge < -0.3 is 14.8 Å². The first-order chi connectivity index (χ1) is 12.3. The summed E-state index contributed by atoms with van der Waals surface area (Å²) < 4.78 is 11.3. The Balaban J connectivity index is 1.35. The van der Waals surface area contributed by atoms with Crippen molar-refractivity contribution in [3.63, 3.8) is 0 Å². The van der Waals surface area contributed by atoms with E-state index in [0.717, 1.165) is 43.7 Å². The average molecular weight is 337 g/mol. The highest BCUT2D eigenvalue weighted by atomic mass is 16.5. The standard InChI is InChI=1S/C21H23NO3/c23-21(22-18-9-6-15-3-1-4-17(15)13-18)16-7-10-19(11-8-16)25-14-20-5-2-12-24-20/h6-11,13,20H,1-5,12,14H2,(H,22,23)/t20-/m1/s1. The first-order valence-corrected chi connectivity index (χ1v) is 9.05. The lowest BCUT2D eigenvalue weighted by Gasteiger charge is -2.12. The summed E-state index contributed by atoms with van der Waals surface area (Å²) in [6.07, 6.45) is 5.83. The largest absolute Gasteiger partial charge is 0.491 e. The van der Waals surface area contributed by atoms with Gasteiger partial charge >= 0.3 is 0 Å². The van der Waals surface area contributed by atoms with Gasteiger partial charge in [-0.25, -0.2) is 0 Å². The van der Waals surface area contributed by atoms with Gasteiger partial charge in [0.05, 0.1) is 6.10 Å². The fraction of sp³-hybridized carbons (Fsp3) is 0.381. The molecule has 2 aromatic carbocycles. The number of fused-ring (bicyclic) bond motifs is 1. The number of amides is 1. The Hall–Kier alpha value is -2.33. The van der Waals surface area contributed by atoms with Gasteiger partial charge in [0.2, 0.25) is 0 Å². The van der Waals surface area contributed by atoms with Crippen molar-refractivity contribution < 1.29 is 14.3 Å². The van der Waals surface area contributed by atoms with Crippen LogP contribution in [0.25, 0.3) is 0 Å². The molecule has 0 aromatic heterocycles. The minimum atomic E-state index is -0.0939. The molecule has 0 radical (unpaired) electrons. The van der Waals surface area contributed by atoms with Gasteiger partial charge in [0.25, 0.3) is 5.91 Å². The summed E-state index contributed by atoms with van der Waals surface area (Å²) in [6, 6.07) is 13.5. The van der Waals surface area contributed by atoms with Crippen LogP contribution in [0, 0.1) is 0 Å². The predicted molar refractivity (Wildman–Crippen MR) is 97.3 cm³/mol. The van der Waals surface area contributed by atoms with E-state index in [1.807, 2.05) is 18.2 Å². The molecule has 1 saturated heterocycles. The molecule has 2 aliphatic rings. The topological polar surface area (TPSA) is 47.6 Å². The zero-order chi connectivity index (χ0) is 17.1. The number of benzene rings is 2.